The summed E-state index contributed by atoms with van der Waals surface area (Å²) in [5, 5.41) is 4.72. The Morgan fingerprint density at radius 1 is 1.67 bits per heavy atom. The third-order valence-electron chi connectivity index (χ3n) is 2.20. The van der Waals surface area contributed by atoms with Crippen LogP contribution >= 0.6 is 22.9 Å². The predicted octanol–water partition coefficient (Wildman–Crippen LogP) is 2.56. The largest absolute Gasteiger partial charge is 0.298 e. The van der Waals surface area contributed by atoms with E-state index in [0.29, 0.717) is 5.38 Å². The molecule has 1 aliphatic heterocycles. The highest BCUT2D eigenvalue weighted by Crippen LogP contribution is 2.18. The van der Waals surface area contributed by atoms with Crippen molar-refractivity contribution < 1.29 is 0 Å². The van der Waals surface area contributed by atoms with E-state index in [2.05, 4.69) is 21.7 Å². The van der Waals surface area contributed by atoms with Gasteiger partial charge in [0.15, 0.2) is 0 Å². The molecule has 66 valence electrons. The summed E-state index contributed by atoms with van der Waals surface area (Å²) in [6, 6.07) is 2.19. The summed E-state index contributed by atoms with van der Waals surface area (Å²) in [6.07, 6.45) is 1.14. The first-order valence-corrected chi connectivity index (χ1v) is 5.60. The van der Waals surface area contributed by atoms with Crippen LogP contribution < -0.4 is 0 Å². The number of alkyl halides is 1. The van der Waals surface area contributed by atoms with Crippen molar-refractivity contribution in [2.45, 2.75) is 18.3 Å². The van der Waals surface area contributed by atoms with Gasteiger partial charge in [0.05, 0.1) is 0 Å². The van der Waals surface area contributed by atoms with E-state index in [-0.39, 0.29) is 0 Å². The summed E-state index contributed by atoms with van der Waals surface area (Å²) in [5.74, 6) is 0. The first kappa shape index (κ1) is 8.54. The van der Waals surface area contributed by atoms with Crippen molar-refractivity contribution in [2.24, 2.45) is 0 Å². The average Bonchev–Trinajstić information content (AvgIpc) is 2.63. The number of hydrogen-bond acceptors (Lipinski definition) is 2. The number of rotatable bonds is 2. The Morgan fingerprint density at radius 3 is 3.17 bits per heavy atom. The molecule has 2 heterocycles. The molecule has 1 unspecified atom stereocenters. The quantitative estimate of drug-likeness (QED) is 0.665. The second-order valence-electron chi connectivity index (χ2n) is 3.25. The first-order valence-electron chi connectivity index (χ1n) is 4.22. The molecule has 1 atom stereocenters. The van der Waals surface area contributed by atoms with Gasteiger partial charge in [-0.2, -0.15) is 11.3 Å². The maximum absolute atomic E-state index is 6.01. The van der Waals surface area contributed by atoms with Crippen LogP contribution in [0.3, 0.4) is 0 Å². The minimum Gasteiger partial charge on any atom is -0.298 e. The Balaban J connectivity index is 1.88. The van der Waals surface area contributed by atoms with Gasteiger partial charge >= 0.3 is 0 Å². The molecule has 2 rings (SSSR count). The molecule has 0 spiro atoms. The Bertz CT molecular complexity index is 235. The van der Waals surface area contributed by atoms with E-state index in [9.17, 15) is 0 Å². The molecule has 0 N–H and O–H groups in total. The maximum atomic E-state index is 6.01. The molecular weight excluding hydrogens is 190 g/mol. The van der Waals surface area contributed by atoms with Crippen LogP contribution in [0.2, 0.25) is 0 Å². The maximum Gasteiger partial charge on any atom is 0.0475 e. The minimum absolute atomic E-state index is 0.378. The normalized spacial score (nSPS) is 24.9. The lowest BCUT2D eigenvalue weighted by Crippen LogP contribution is -2.19. The van der Waals surface area contributed by atoms with E-state index < -0.39 is 0 Å². The van der Waals surface area contributed by atoms with Gasteiger partial charge in [0.1, 0.15) is 0 Å². The zero-order valence-electron chi connectivity index (χ0n) is 6.87. The molecule has 1 saturated heterocycles. The van der Waals surface area contributed by atoms with Gasteiger partial charge in [0.2, 0.25) is 0 Å². The van der Waals surface area contributed by atoms with Crippen molar-refractivity contribution in [3.05, 3.63) is 22.4 Å². The van der Waals surface area contributed by atoms with Gasteiger partial charge in [-0.1, -0.05) is 0 Å². The monoisotopic (exact) mass is 201 g/mol. The Kier molecular flexibility index (Phi) is 2.69. The van der Waals surface area contributed by atoms with Crippen LogP contribution in [0.5, 0.6) is 0 Å². The molecule has 1 aromatic rings. The minimum atomic E-state index is 0.378. The predicted molar refractivity (Wildman–Crippen MR) is 53.9 cm³/mol. The smallest absolute Gasteiger partial charge is 0.0475 e. The third-order valence-corrected chi connectivity index (χ3v) is 3.29. The molecule has 0 aromatic carbocycles. The van der Waals surface area contributed by atoms with Crippen LogP contribution in [0.4, 0.5) is 0 Å². The fraction of sp³-hybridized carbons (Fsp3) is 0.556. The Labute approximate surface area is 82.0 Å². The second kappa shape index (κ2) is 3.77. The highest BCUT2D eigenvalue weighted by atomic mass is 35.5. The number of hydrogen-bond donors (Lipinski definition) is 0. The summed E-state index contributed by atoms with van der Waals surface area (Å²) < 4.78 is 0. The molecule has 0 saturated carbocycles. The molecule has 12 heavy (non-hydrogen) atoms. The number of halogens is 1. The number of nitrogens with zero attached hydrogens (tertiary/aromatic N) is 1. The zero-order valence-corrected chi connectivity index (χ0v) is 8.44. The third kappa shape index (κ3) is 2.00. The number of thiophene rings is 1. The lowest BCUT2D eigenvalue weighted by atomic mass is 10.3. The van der Waals surface area contributed by atoms with Crippen molar-refractivity contribution in [3.8, 4) is 0 Å². The Hall–Kier alpha value is -0.0500. The lowest BCUT2D eigenvalue weighted by molar-refractivity contribution is 0.332. The van der Waals surface area contributed by atoms with Crippen LogP contribution in [-0.4, -0.2) is 23.4 Å². The van der Waals surface area contributed by atoms with Crippen LogP contribution in [0.15, 0.2) is 16.8 Å². The molecule has 1 aliphatic rings. The van der Waals surface area contributed by atoms with Crippen LogP contribution in [0.1, 0.15) is 12.0 Å². The van der Waals surface area contributed by atoms with Gasteiger partial charge in [0, 0.05) is 18.5 Å². The topological polar surface area (TPSA) is 3.24 Å². The van der Waals surface area contributed by atoms with Gasteiger partial charge < -0.3 is 0 Å². The second-order valence-corrected chi connectivity index (χ2v) is 4.65. The molecule has 0 radical (unpaired) electrons. The van der Waals surface area contributed by atoms with Gasteiger partial charge in [-0.05, 0) is 35.4 Å². The lowest BCUT2D eigenvalue weighted by Gasteiger charge is -2.12. The van der Waals surface area contributed by atoms with E-state index in [1.807, 2.05) is 0 Å². The van der Waals surface area contributed by atoms with Crippen molar-refractivity contribution in [2.75, 3.05) is 13.1 Å². The fourth-order valence-electron chi connectivity index (χ4n) is 1.57. The van der Waals surface area contributed by atoms with Crippen molar-refractivity contribution in [3.63, 3.8) is 0 Å². The van der Waals surface area contributed by atoms with Crippen LogP contribution in [-0.2, 0) is 6.54 Å². The van der Waals surface area contributed by atoms with Crippen molar-refractivity contribution >= 4 is 22.9 Å². The molecule has 0 bridgehead atoms. The molecule has 1 aromatic heterocycles. The highest BCUT2D eigenvalue weighted by Gasteiger charge is 2.19. The van der Waals surface area contributed by atoms with Crippen molar-refractivity contribution in [1.82, 2.24) is 4.90 Å². The van der Waals surface area contributed by atoms with Gasteiger partial charge in [-0.15, -0.1) is 11.6 Å². The fourth-order valence-corrected chi connectivity index (χ4v) is 2.52. The van der Waals surface area contributed by atoms with Crippen LogP contribution in [0.25, 0.3) is 0 Å². The van der Waals surface area contributed by atoms with E-state index in [0.717, 1.165) is 26.1 Å². The molecule has 0 aliphatic carbocycles. The van der Waals surface area contributed by atoms with E-state index in [1.54, 1.807) is 11.3 Å². The average molecular weight is 202 g/mol. The first-order chi connectivity index (χ1) is 5.84. The zero-order chi connectivity index (χ0) is 8.39. The van der Waals surface area contributed by atoms with E-state index >= 15 is 0 Å². The summed E-state index contributed by atoms with van der Waals surface area (Å²) in [4.78, 5) is 2.42. The van der Waals surface area contributed by atoms with Crippen LogP contribution in [0, 0.1) is 0 Å². The molecule has 1 fully saturated rings. The van der Waals surface area contributed by atoms with Gasteiger partial charge in [0.25, 0.3) is 0 Å². The van der Waals surface area contributed by atoms with Crippen molar-refractivity contribution in [1.29, 1.82) is 0 Å². The summed E-state index contributed by atoms with van der Waals surface area (Å²) in [5.41, 5.74) is 1.42. The summed E-state index contributed by atoms with van der Waals surface area (Å²) >= 11 is 7.77. The summed E-state index contributed by atoms with van der Waals surface area (Å²) in [6.45, 7) is 3.29. The molecule has 0 amide bonds. The molecule has 3 heteroatoms. The molecule has 1 nitrogen and oxygen atoms in total. The summed E-state index contributed by atoms with van der Waals surface area (Å²) in [7, 11) is 0. The SMILES string of the molecule is ClC1CCN(Cc2ccsc2)C1. The van der Waals surface area contributed by atoms with E-state index in [1.165, 1.54) is 5.56 Å². The highest BCUT2D eigenvalue weighted by molar-refractivity contribution is 7.07. The Morgan fingerprint density at radius 2 is 2.58 bits per heavy atom. The molecular formula is C9H12ClNS. The van der Waals surface area contributed by atoms with Gasteiger partial charge in [-0.3, -0.25) is 4.90 Å². The number of likely N-dealkylation sites (tertiary alicyclic amines) is 1. The van der Waals surface area contributed by atoms with E-state index in [4.69, 9.17) is 11.6 Å². The van der Waals surface area contributed by atoms with Gasteiger partial charge in [-0.25, -0.2) is 0 Å². The standard InChI is InChI=1S/C9H12ClNS/c10-9-1-3-11(6-9)5-8-2-4-12-7-8/h2,4,7,9H,1,3,5-6H2.